The number of piperidine rings is 1. The van der Waals surface area contributed by atoms with Gasteiger partial charge in [0.1, 0.15) is 17.6 Å². The second kappa shape index (κ2) is 15.2. The number of urea groups is 1. The van der Waals surface area contributed by atoms with E-state index in [1.165, 1.54) is 25.8 Å². The first kappa shape index (κ1) is 32.2. The Labute approximate surface area is 266 Å². The number of nitrogens with one attached hydrogen (secondary N) is 3. The summed E-state index contributed by atoms with van der Waals surface area (Å²) in [7, 11) is 1.55. The second-order valence-corrected chi connectivity index (χ2v) is 11.9. The molecule has 2 fully saturated rings. The van der Waals surface area contributed by atoms with Gasteiger partial charge in [0, 0.05) is 41.1 Å². The first-order valence-corrected chi connectivity index (χ1v) is 16.3. The molecule has 9 nitrogen and oxygen atoms in total. The van der Waals surface area contributed by atoms with E-state index in [0.717, 1.165) is 31.4 Å². The van der Waals surface area contributed by atoms with Gasteiger partial charge in [-0.3, -0.25) is 9.69 Å². The summed E-state index contributed by atoms with van der Waals surface area (Å²) in [5.74, 6) is 2.18. The lowest BCUT2D eigenvalue weighted by molar-refractivity contribution is 0.0496. The molecule has 0 radical (unpaired) electrons. The van der Waals surface area contributed by atoms with Crippen LogP contribution in [0.1, 0.15) is 76.1 Å². The highest BCUT2D eigenvalue weighted by molar-refractivity contribution is 6.04. The predicted octanol–water partition coefficient (Wildman–Crippen LogP) is 7.83. The third kappa shape index (κ3) is 8.28. The number of carbonyl (C=O) groups is 2. The Bertz CT molecular complexity index is 1410. The van der Waals surface area contributed by atoms with Gasteiger partial charge in [0.05, 0.1) is 7.11 Å². The van der Waals surface area contributed by atoms with E-state index in [1.807, 2.05) is 38.1 Å². The van der Waals surface area contributed by atoms with Gasteiger partial charge in [0.25, 0.3) is 5.91 Å². The highest BCUT2D eigenvalue weighted by Crippen LogP contribution is 2.37. The third-order valence-electron chi connectivity index (χ3n) is 8.82. The van der Waals surface area contributed by atoms with Crippen LogP contribution in [-0.4, -0.2) is 54.7 Å². The standard InChI is InChI=1S/C36H46N4O5/c1-5-20-40-28-13-14-29(40)23-32(22-28)44-30-15-8-24(9-16-30)35(41)37-26-10-17-31(18-11-26)45-33-19-12-27(21-34(33)43-4)39-36(42)38-25(6-2)7-3/h8-12,15-19,21,25,28-29,32H,5-7,13-14,20,22-23H2,1-4H3,(H,37,41)(H2,38,39,42). The quantitative estimate of drug-likeness (QED) is 0.181. The lowest BCUT2D eigenvalue weighted by atomic mass is 9.99. The van der Waals surface area contributed by atoms with Crippen molar-refractivity contribution in [1.82, 2.24) is 10.2 Å². The summed E-state index contributed by atoms with van der Waals surface area (Å²) in [4.78, 5) is 27.9. The van der Waals surface area contributed by atoms with Crippen LogP contribution in [0.5, 0.6) is 23.0 Å². The van der Waals surface area contributed by atoms with Crippen LogP contribution in [-0.2, 0) is 0 Å². The Hall–Kier alpha value is -4.24. The van der Waals surface area contributed by atoms with Crippen molar-refractivity contribution >= 4 is 23.3 Å². The highest BCUT2D eigenvalue weighted by Gasteiger charge is 2.40. The molecular weight excluding hydrogens is 568 g/mol. The highest BCUT2D eigenvalue weighted by atomic mass is 16.5. The second-order valence-electron chi connectivity index (χ2n) is 11.9. The van der Waals surface area contributed by atoms with Crippen LogP contribution in [0.2, 0.25) is 0 Å². The normalized spacial score (nSPS) is 19.2. The molecule has 2 atom stereocenters. The number of carbonyl (C=O) groups excluding carboxylic acids is 2. The van der Waals surface area contributed by atoms with E-state index < -0.39 is 0 Å². The van der Waals surface area contributed by atoms with Gasteiger partial charge in [0.2, 0.25) is 0 Å². The smallest absolute Gasteiger partial charge is 0.319 e. The molecule has 5 rings (SSSR count). The molecule has 0 aromatic heterocycles. The van der Waals surface area contributed by atoms with E-state index in [2.05, 4.69) is 27.8 Å². The zero-order valence-electron chi connectivity index (χ0n) is 26.8. The molecule has 0 aliphatic carbocycles. The topological polar surface area (TPSA) is 101 Å². The minimum atomic E-state index is -0.258. The van der Waals surface area contributed by atoms with Crippen molar-refractivity contribution in [3.05, 3.63) is 72.3 Å². The number of hydrogen-bond acceptors (Lipinski definition) is 6. The fourth-order valence-electron chi connectivity index (χ4n) is 6.43. The van der Waals surface area contributed by atoms with E-state index in [9.17, 15) is 9.59 Å². The van der Waals surface area contributed by atoms with Crippen molar-refractivity contribution in [2.45, 2.75) is 89.9 Å². The van der Waals surface area contributed by atoms with Gasteiger partial charge in [-0.15, -0.1) is 0 Å². The first-order chi connectivity index (χ1) is 21.9. The zero-order chi connectivity index (χ0) is 31.8. The molecule has 240 valence electrons. The van der Waals surface area contributed by atoms with Gasteiger partial charge in [-0.25, -0.2) is 4.79 Å². The number of ether oxygens (including phenoxy) is 3. The molecule has 2 heterocycles. The van der Waals surface area contributed by atoms with Gasteiger partial charge in [0.15, 0.2) is 11.5 Å². The van der Waals surface area contributed by atoms with Crippen LogP contribution in [0.25, 0.3) is 0 Å². The summed E-state index contributed by atoms with van der Waals surface area (Å²) in [6.07, 6.45) is 7.86. The summed E-state index contributed by atoms with van der Waals surface area (Å²) in [5.41, 5.74) is 1.81. The maximum Gasteiger partial charge on any atom is 0.319 e. The summed E-state index contributed by atoms with van der Waals surface area (Å²) in [6, 6.07) is 20.9. The Kier molecular flexibility index (Phi) is 10.8. The molecular formula is C36H46N4O5. The molecule has 45 heavy (non-hydrogen) atoms. The fourth-order valence-corrected chi connectivity index (χ4v) is 6.43. The molecule has 9 heteroatoms. The van der Waals surface area contributed by atoms with Crippen molar-refractivity contribution in [1.29, 1.82) is 0 Å². The number of rotatable bonds is 13. The first-order valence-electron chi connectivity index (χ1n) is 16.3. The Morgan fingerprint density at radius 3 is 2.09 bits per heavy atom. The van der Waals surface area contributed by atoms with Crippen molar-refractivity contribution < 1.29 is 23.8 Å². The molecule has 2 bridgehead atoms. The van der Waals surface area contributed by atoms with Gasteiger partial charge in [-0.05, 0) is 112 Å². The lowest BCUT2D eigenvalue weighted by Gasteiger charge is -2.38. The van der Waals surface area contributed by atoms with Crippen molar-refractivity contribution in [2.75, 3.05) is 24.3 Å². The third-order valence-corrected chi connectivity index (χ3v) is 8.82. The van der Waals surface area contributed by atoms with Gasteiger partial charge < -0.3 is 30.2 Å². The van der Waals surface area contributed by atoms with E-state index in [-0.39, 0.29) is 24.1 Å². The van der Waals surface area contributed by atoms with Crippen molar-refractivity contribution in [3.8, 4) is 23.0 Å². The largest absolute Gasteiger partial charge is 0.493 e. The molecule has 2 aliphatic heterocycles. The molecule has 2 saturated heterocycles. The summed E-state index contributed by atoms with van der Waals surface area (Å²) < 4.78 is 17.9. The number of fused-ring (bicyclic) bond motifs is 2. The van der Waals surface area contributed by atoms with E-state index in [4.69, 9.17) is 14.2 Å². The molecule has 0 spiro atoms. The van der Waals surface area contributed by atoms with Gasteiger partial charge in [-0.2, -0.15) is 0 Å². The Morgan fingerprint density at radius 1 is 0.822 bits per heavy atom. The zero-order valence-corrected chi connectivity index (χ0v) is 26.8. The predicted molar refractivity (Wildman–Crippen MR) is 178 cm³/mol. The molecule has 3 aromatic rings. The minimum Gasteiger partial charge on any atom is -0.493 e. The summed E-state index contributed by atoms with van der Waals surface area (Å²) in [6.45, 7) is 7.52. The van der Waals surface area contributed by atoms with Gasteiger partial charge in [-0.1, -0.05) is 20.8 Å². The number of nitrogens with zero attached hydrogens (tertiary/aromatic N) is 1. The minimum absolute atomic E-state index is 0.126. The maximum absolute atomic E-state index is 12.9. The number of methoxy groups -OCH3 is 1. The van der Waals surface area contributed by atoms with Crippen LogP contribution in [0.3, 0.4) is 0 Å². The molecule has 3 amide bonds. The average molecular weight is 615 g/mol. The monoisotopic (exact) mass is 614 g/mol. The number of benzene rings is 3. The Balaban J connectivity index is 1.12. The molecule has 2 aliphatic rings. The van der Waals surface area contributed by atoms with Crippen LogP contribution in [0.4, 0.5) is 16.2 Å². The maximum atomic E-state index is 12.9. The summed E-state index contributed by atoms with van der Waals surface area (Å²) in [5, 5.41) is 8.74. The SMILES string of the molecule is CCCN1C2CCC1CC(Oc1ccc(C(=O)Nc3ccc(Oc4ccc(NC(=O)NC(CC)CC)cc4OC)cc3)cc1)C2. The van der Waals surface area contributed by atoms with E-state index in [0.29, 0.717) is 46.3 Å². The lowest BCUT2D eigenvalue weighted by Crippen LogP contribution is -2.46. The molecule has 3 N–H and O–H groups in total. The van der Waals surface area contributed by atoms with E-state index in [1.54, 1.807) is 49.6 Å². The molecule has 3 aromatic carbocycles. The van der Waals surface area contributed by atoms with Crippen LogP contribution >= 0.6 is 0 Å². The van der Waals surface area contributed by atoms with Crippen LogP contribution in [0.15, 0.2) is 66.7 Å². The average Bonchev–Trinajstić information content (AvgIpc) is 3.28. The van der Waals surface area contributed by atoms with E-state index >= 15 is 0 Å². The number of anilines is 2. The summed E-state index contributed by atoms with van der Waals surface area (Å²) >= 11 is 0. The molecule has 2 unspecified atom stereocenters. The number of hydrogen-bond donors (Lipinski definition) is 3. The molecule has 0 saturated carbocycles. The van der Waals surface area contributed by atoms with Crippen LogP contribution < -0.4 is 30.2 Å². The Morgan fingerprint density at radius 2 is 1.47 bits per heavy atom. The number of amides is 3. The van der Waals surface area contributed by atoms with Crippen LogP contribution in [0, 0.1) is 0 Å². The fraction of sp³-hybridized carbons (Fsp3) is 0.444. The van der Waals surface area contributed by atoms with Gasteiger partial charge >= 0.3 is 6.03 Å². The van der Waals surface area contributed by atoms with Crippen molar-refractivity contribution in [2.24, 2.45) is 0 Å². The van der Waals surface area contributed by atoms with Crippen molar-refractivity contribution in [3.63, 3.8) is 0 Å².